The van der Waals surface area contributed by atoms with Crippen LogP contribution in [0.5, 0.6) is 0 Å². The highest BCUT2D eigenvalue weighted by atomic mass is 16.6. The van der Waals surface area contributed by atoms with Gasteiger partial charge in [-0.05, 0) is 33.1 Å². The van der Waals surface area contributed by atoms with E-state index in [-0.39, 0.29) is 5.72 Å². The summed E-state index contributed by atoms with van der Waals surface area (Å²) in [5, 5.41) is 0. The number of hydrogen-bond donors (Lipinski definition) is 0. The molecule has 0 spiro atoms. The minimum atomic E-state index is -0.165. The third kappa shape index (κ3) is 3.16. The fraction of sp³-hybridized carbons (Fsp3) is 1.00. The standard InChI is InChI=1S/C12H25NO2/c1-4-12(15-6-3,11-14-5-2)13-9-7-8-10-13/h4-11H2,1-3H3. The molecule has 1 rings (SSSR count). The Hall–Kier alpha value is -0.120. The monoisotopic (exact) mass is 215 g/mol. The molecule has 1 aliphatic rings. The van der Waals surface area contributed by atoms with Crippen molar-refractivity contribution in [3.63, 3.8) is 0 Å². The van der Waals surface area contributed by atoms with E-state index < -0.39 is 0 Å². The molecule has 0 aromatic carbocycles. The molecule has 0 saturated carbocycles. The second-order valence-electron chi connectivity index (χ2n) is 4.06. The summed E-state index contributed by atoms with van der Waals surface area (Å²) in [5.74, 6) is 0. The molecular formula is C12H25NO2. The van der Waals surface area contributed by atoms with E-state index in [0.717, 1.165) is 32.7 Å². The maximum Gasteiger partial charge on any atom is 0.144 e. The Kier molecular flexibility index (Phi) is 5.58. The highest BCUT2D eigenvalue weighted by Crippen LogP contribution is 2.26. The summed E-state index contributed by atoms with van der Waals surface area (Å²) in [6, 6.07) is 0. The first-order chi connectivity index (χ1) is 7.29. The lowest BCUT2D eigenvalue weighted by molar-refractivity contribution is -0.182. The van der Waals surface area contributed by atoms with Crippen molar-refractivity contribution in [3.8, 4) is 0 Å². The van der Waals surface area contributed by atoms with Gasteiger partial charge in [-0.2, -0.15) is 0 Å². The van der Waals surface area contributed by atoms with E-state index in [1.165, 1.54) is 12.8 Å². The van der Waals surface area contributed by atoms with Crippen molar-refractivity contribution in [2.45, 2.75) is 45.8 Å². The predicted octanol–water partition coefficient (Wildman–Crippen LogP) is 2.26. The van der Waals surface area contributed by atoms with E-state index in [1.54, 1.807) is 0 Å². The molecular weight excluding hydrogens is 190 g/mol. The number of ether oxygens (including phenoxy) is 2. The highest BCUT2D eigenvalue weighted by Gasteiger charge is 2.37. The Balaban J connectivity index is 2.62. The van der Waals surface area contributed by atoms with Crippen LogP contribution in [0.2, 0.25) is 0 Å². The van der Waals surface area contributed by atoms with Crippen LogP contribution in [0.3, 0.4) is 0 Å². The summed E-state index contributed by atoms with van der Waals surface area (Å²) < 4.78 is 11.6. The number of likely N-dealkylation sites (tertiary alicyclic amines) is 1. The number of nitrogens with zero attached hydrogens (tertiary/aromatic N) is 1. The molecule has 1 fully saturated rings. The summed E-state index contributed by atoms with van der Waals surface area (Å²) in [7, 11) is 0. The van der Waals surface area contributed by atoms with Gasteiger partial charge in [0.25, 0.3) is 0 Å². The van der Waals surface area contributed by atoms with Gasteiger partial charge >= 0.3 is 0 Å². The number of hydrogen-bond acceptors (Lipinski definition) is 3. The third-order valence-electron chi connectivity index (χ3n) is 3.18. The summed E-state index contributed by atoms with van der Waals surface area (Å²) in [6.45, 7) is 10.8. The van der Waals surface area contributed by atoms with Crippen LogP contribution in [0.25, 0.3) is 0 Å². The molecule has 0 radical (unpaired) electrons. The Labute approximate surface area is 93.7 Å². The second kappa shape index (κ2) is 6.46. The predicted molar refractivity (Wildman–Crippen MR) is 61.9 cm³/mol. The minimum absolute atomic E-state index is 0.165. The van der Waals surface area contributed by atoms with Gasteiger partial charge in [-0.3, -0.25) is 4.90 Å². The molecule has 0 amide bonds. The zero-order valence-electron chi connectivity index (χ0n) is 10.4. The topological polar surface area (TPSA) is 21.7 Å². The van der Waals surface area contributed by atoms with Crippen LogP contribution in [0.15, 0.2) is 0 Å². The Bertz CT molecular complexity index is 169. The summed E-state index contributed by atoms with van der Waals surface area (Å²) in [5.41, 5.74) is -0.165. The zero-order chi connectivity index (χ0) is 11.1. The van der Waals surface area contributed by atoms with Crippen molar-refractivity contribution < 1.29 is 9.47 Å². The lowest BCUT2D eigenvalue weighted by atomic mass is 10.1. The van der Waals surface area contributed by atoms with E-state index in [0.29, 0.717) is 6.61 Å². The summed E-state index contributed by atoms with van der Waals surface area (Å²) >= 11 is 0. The van der Waals surface area contributed by atoms with Crippen LogP contribution in [-0.2, 0) is 9.47 Å². The molecule has 1 atom stereocenters. The Morgan fingerprint density at radius 2 is 1.73 bits per heavy atom. The van der Waals surface area contributed by atoms with Crippen LogP contribution < -0.4 is 0 Å². The van der Waals surface area contributed by atoms with Crippen molar-refractivity contribution in [2.75, 3.05) is 32.9 Å². The first kappa shape index (κ1) is 12.9. The molecule has 0 aromatic rings. The first-order valence-corrected chi connectivity index (χ1v) is 6.25. The molecule has 0 aromatic heterocycles. The van der Waals surface area contributed by atoms with E-state index in [1.807, 2.05) is 6.92 Å². The SMILES string of the molecule is CCOCC(CC)(OCC)N1CCCC1. The van der Waals surface area contributed by atoms with Crippen molar-refractivity contribution in [2.24, 2.45) is 0 Å². The molecule has 3 heteroatoms. The van der Waals surface area contributed by atoms with Crippen molar-refractivity contribution in [1.29, 1.82) is 0 Å². The molecule has 15 heavy (non-hydrogen) atoms. The molecule has 1 saturated heterocycles. The molecule has 0 aliphatic carbocycles. The quantitative estimate of drug-likeness (QED) is 0.650. The summed E-state index contributed by atoms with van der Waals surface area (Å²) in [6.07, 6.45) is 3.59. The zero-order valence-corrected chi connectivity index (χ0v) is 10.4. The second-order valence-corrected chi connectivity index (χ2v) is 4.06. The van der Waals surface area contributed by atoms with Gasteiger partial charge in [-0.15, -0.1) is 0 Å². The van der Waals surface area contributed by atoms with Crippen LogP contribution in [0.1, 0.15) is 40.0 Å². The lowest BCUT2D eigenvalue weighted by Crippen LogP contribution is -2.52. The van der Waals surface area contributed by atoms with Gasteiger partial charge in [-0.25, -0.2) is 0 Å². The van der Waals surface area contributed by atoms with Gasteiger partial charge in [0.05, 0.1) is 6.61 Å². The number of rotatable bonds is 7. The average molecular weight is 215 g/mol. The minimum Gasteiger partial charge on any atom is -0.377 e. The van der Waals surface area contributed by atoms with Crippen LogP contribution in [0.4, 0.5) is 0 Å². The highest BCUT2D eigenvalue weighted by molar-refractivity contribution is 4.83. The smallest absolute Gasteiger partial charge is 0.144 e. The molecule has 1 heterocycles. The molecule has 0 bridgehead atoms. The lowest BCUT2D eigenvalue weighted by Gasteiger charge is -2.40. The molecule has 0 N–H and O–H groups in total. The maximum absolute atomic E-state index is 5.97. The van der Waals surface area contributed by atoms with Gasteiger partial charge in [-0.1, -0.05) is 6.92 Å². The van der Waals surface area contributed by atoms with Crippen molar-refractivity contribution in [1.82, 2.24) is 4.90 Å². The van der Waals surface area contributed by atoms with Gasteiger partial charge in [0.15, 0.2) is 0 Å². The van der Waals surface area contributed by atoms with Crippen molar-refractivity contribution >= 4 is 0 Å². The van der Waals surface area contributed by atoms with Crippen LogP contribution in [-0.4, -0.2) is 43.5 Å². The van der Waals surface area contributed by atoms with Gasteiger partial charge < -0.3 is 9.47 Å². The third-order valence-corrected chi connectivity index (χ3v) is 3.18. The molecule has 1 unspecified atom stereocenters. The average Bonchev–Trinajstić information content (AvgIpc) is 2.78. The van der Waals surface area contributed by atoms with Gasteiger partial charge in [0.1, 0.15) is 5.72 Å². The maximum atomic E-state index is 5.97. The van der Waals surface area contributed by atoms with Gasteiger partial charge in [0, 0.05) is 26.3 Å². The molecule has 3 nitrogen and oxygen atoms in total. The fourth-order valence-corrected chi connectivity index (χ4v) is 2.31. The largest absolute Gasteiger partial charge is 0.377 e. The van der Waals surface area contributed by atoms with Crippen molar-refractivity contribution in [3.05, 3.63) is 0 Å². The van der Waals surface area contributed by atoms with Gasteiger partial charge in [0.2, 0.25) is 0 Å². The van der Waals surface area contributed by atoms with E-state index in [2.05, 4.69) is 18.7 Å². The van der Waals surface area contributed by atoms with E-state index >= 15 is 0 Å². The summed E-state index contributed by atoms with van der Waals surface area (Å²) in [4.78, 5) is 2.45. The van der Waals surface area contributed by atoms with E-state index in [4.69, 9.17) is 9.47 Å². The normalized spacial score (nSPS) is 21.8. The van der Waals surface area contributed by atoms with Crippen LogP contribution >= 0.6 is 0 Å². The Morgan fingerprint density at radius 3 is 2.20 bits per heavy atom. The van der Waals surface area contributed by atoms with E-state index in [9.17, 15) is 0 Å². The van der Waals surface area contributed by atoms with Crippen LogP contribution in [0, 0.1) is 0 Å². The first-order valence-electron chi connectivity index (χ1n) is 6.25. The molecule has 1 aliphatic heterocycles. The Morgan fingerprint density at radius 1 is 1.07 bits per heavy atom. The molecule has 90 valence electrons. The fourth-order valence-electron chi connectivity index (χ4n) is 2.31.